The van der Waals surface area contributed by atoms with Crippen molar-refractivity contribution in [1.29, 1.82) is 0 Å². The Morgan fingerprint density at radius 1 is 1.07 bits per heavy atom. The van der Waals surface area contributed by atoms with Gasteiger partial charge in [0.15, 0.2) is 0 Å². The predicted octanol–water partition coefficient (Wildman–Crippen LogP) is 4.35. The first kappa shape index (κ1) is 17.1. The second-order valence-corrected chi connectivity index (χ2v) is 6.69. The number of nitrogens with one attached hydrogen (secondary N) is 2. The molecule has 0 saturated heterocycles. The maximum atomic E-state index is 12.9. The summed E-state index contributed by atoms with van der Waals surface area (Å²) in [6, 6.07) is 12.5. The summed E-state index contributed by atoms with van der Waals surface area (Å²) in [5.41, 5.74) is 2.37. The van der Waals surface area contributed by atoms with Gasteiger partial charge >= 0.3 is 0 Å². The molecule has 2 aromatic carbocycles. The van der Waals surface area contributed by atoms with Crippen molar-refractivity contribution in [3.05, 3.63) is 53.8 Å². The van der Waals surface area contributed by atoms with Gasteiger partial charge in [0.05, 0.1) is 12.7 Å². The Hall–Kier alpha value is -3.28. The number of anilines is 2. The summed E-state index contributed by atoms with van der Waals surface area (Å²) in [6.45, 7) is 1.76. The van der Waals surface area contributed by atoms with Gasteiger partial charge in [-0.25, -0.2) is 0 Å². The minimum Gasteiger partial charge on any atom is -0.497 e. The van der Waals surface area contributed by atoms with Crippen LogP contribution in [0.15, 0.2) is 46.9 Å². The minimum absolute atomic E-state index is 0.0299. The van der Waals surface area contributed by atoms with Gasteiger partial charge in [-0.05, 0) is 56.2 Å². The van der Waals surface area contributed by atoms with Crippen molar-refractivity contribution in [1.82, 2.24) is 0 Å². The van der Waals surface area contributed by atoms with Crippen LogP contribution in [0.5, 0.6) is 5.75 Å². The third kappa shape index (κ3) is 3.51. The van der Waals surface area contributed by atoms with Crippen LogP contribution in [0.3, 0.4) is 0 Å². The lowest BCUT2D eigenvalue weighted by molar-refractivity contribution is -0.117. The van der Waals surface area contributed by atoms with E-state index in [1.165, 1.54) is 0 Å². The number of carbonyl (C=O) groups excluding carboxylic acids is 2. The van der Waals surface area contributed by atoms with Crippen molar-refractivity contribution in [2.24, 2.45) is 5.92 Å². The summed E-state index contributed by atoms with van der Waals surface area (Å²) in [5, 5.41) is 6.46. The van der Waals surface area contributed by atoms with Crippen LogP contribution >= 0.6 is 0 Å². The maximum Gasteiger partial charge on any atom is 0.259 e. The first-order chi connectivity index (χ1) is 13.0. The number of hydrogen-bond donors (Lipinski definition) is 2. The Morgan fingerprint density at radius 2 is 1.81 bits per heavy atom. The van der Waals surface area contributed by atoms with E-state index in [1.54, 1.807) is 56.5 Å². The Balaban J connectivity index is 1.58. The molecule has 2 N–H and O–H groups in total. The van der Waals surface area contributed by atoms with Gasteiger partial charge in [0.1, 0.15) is 17.1 Å². The van der Waals surface area contributed by atoms with Gasteiger partial charge in [0, 0.05) is 22.7 Å². The van der Waals surface area contributed by atoms with Gasteiger partial charge in [-0.3, -0.25) is 9.59 Å². The maximum absolute atomic E-state index is 12.9. The van der Waals surface area contributed by atoms with Crippen molar-refractivity contribution >= 4 is 34.2 Å². The molecule has 1 fully saturated rings. The number of methoxy groups -OCH3 is 1. The molecule has 0 atom stereocenters. The van der Waals surface area contributed by atoms with Crippen LogP contribution in [0.4, 0.5) is 11.4 Å². The van der Waals surface area contributed by atoms with Crippen LogP contribution in [0.25, 0.3) is 11.0 Å². The van der Waals surface area contributed by atoms with Crippen LogP contribution in [-0.2, 0) is 4.79 Å². The molecule has 0 bridgehead atoms. The molecule has 6 heteroatoms. The molecule has 1 saturated carbocycles. The molecule has 3 aromatic rings. The standard InChI is InChI=1S/C21H20N2O4/c1-12-19(17-11-16(26-2)8-9-18(17)27-12)21(25)23-15-5-3-4-14(10-15)22-20(24)13-6-7-13/h3-5,8-11,13H,6-7H2,1-2H3,(H,22,24)(H,23,25). The molecular weight excluding hydrogens is 344 g/mol. The van der Waals surface area contributed by atoms with E-state index in [-0.39, 0.29) is 17.7 Å². The van der Waals surface area contributed by atoms with Gasteiger partial charge in [-0.2, -0.15) is 0 Å². The molecule has 0 unspecified atom stereocenters. The van der Waals surface area contributed by atoms with E-state index in [4.69, 9.17) is 9.15 Å². The smallest absolute Gasteiger partial charge is 0.259 e. The Labute approximate surface area is 156 Å². The number of rotatable bonds is 5. The van der Waals surface area contributed by atoms with Gasteiger partial charge in [0.2, 0.25) is 5.91 Å². The van der Waals surface area contributed by atoms with E-state index >= 15 is 0 Å². The largest absolute Gasteiger partial charge is 0.497 e. The molecule has 4 rings (SSSR count). The summed E-state index contributed by atoms with van der Waals surface area (Å²) in [5.74, 6) is 1.07. The number of amides is 2. The van der Waals surface area contributed by atoms with Gasteiger partial charge in [-0.1, -0.05) is 6.07 Å². The molecule has 1 aliphatic rings. The van der Waals surface area contributed by atoms with Gasteiger partial charge in [0.25, 0.3) is 5.91 Å². The highest BCUT2D eigenvalue weighted by Gasteiger charge is 2.29. The zero-order valence-electron chi connectivity index (χ0n) is 15.2. The summed E-state index contributed by atoms with van der Waals surface area (Å²) >= 11 is 0. The van der Waals surface area contributed by atoms with Crippen molar-refractivity contribution in [3.63, 3.8) is 0 Å². The third-order valence-corrected chi connectivity index (χ3v) is 4.63. The monoisotopic (exact) mass is 364 g/mol. The van der Waals surface area contributed by atoms with Crippen molar-refractivity contribution in [2.75, 3.05) is 17.7 Å². The van der Waals surface area contributed by atoms with E-state index in [1.807, 2.05) is 0 Å². The fraction of sp³-hybridized carbons (Fsp3) is 0.238. The molecule has 0 spiro atoms. The third-order valence-electron chi connectivity index (χ3n) is 4.63. The molecule has 2 amide bonds. The molecule has 27 heavy (non-hydrogen) atoms. The van der Waals surface area contributed by atoms with Crippen LogP contribution in [0.1, 0.15) is 29.0 Å². The van der Waals surface area contributed by atoms with Crippen molar-refractivity contribution in [2.45, 2.75) is 19.8 Å². The second kappa shape index (κ2) is 6.79. The number of aryl methyl sites for hydroxylation is 1. The molecular formula is C21H20N2O4. The quantitative estimate of drug-likeness (QED) is 0.705. The normalized spacial score (nSPS) is 13.4. The lowest BCUT2D eigenvalue weighted by atomic mass is 10.1. The SMILES string of the molecule is COc1ccc2oc(C)c(C(=O)Nc3cccc(NC(=O)C4CC4)c3)c2c1. The summed E-state index contributed by atoms with van der Waals surface area (Å²) in [4.78, 5) is 24.8. The molecule has 0 radical (unpaired) electrons. The highest BCUT2D eigenvalue weighted by Crippen LogP contribution is 2.31. The lowest BCUT2D eigenvalue weighted by Crippen LogP contribution is -2.15. The summed E-state index contributed by atoms with van der Waals surface area (Å²) in [6.07, 6.45) is 1.89. The topological polar surface area (TPSA) is 80.6 Å². The number of furan rings is 1. The number of benzene rings is 2. The highest BCUT2D eigenvalue weighted by atomic mass is 16.5. The Kier molecular flexibility index (Phi) is 4.32. The van der Waals surface area contributed by atoms with E-state index < -0.39 is 0 Å². The molecule has 1 aromatic heterocycles. The zero-order chi connectivity index (χ0) is 19.0. The van der Waals surface area contributed by atoms with E-state index in [0.29, 0.717) is 39.4 Å². The minimum atomic E-state index is -0.273. The lowest BCUT2D eigenvalue weighted by Gasteiger charge is -2.09. The molecule has 1 aliphatic carbocycles. The molecule has 0 aliphatic heterocycles. The van der Waals surface area contributed by atoms with Crippen LogP contribution in [0.2, 0.25) is 0 Å². The zero-order valence-corrected chi connectivity index (χ0v) is 15.2. The average Bonchev–Trinajstić information content (AvgIpc) is 3.44. The average molecular weight is 364 g/mol. The van der Waals surface area contributed by atoms with Crippen LogP contribution in [0, 0.1) is 12.8 Å². The highest BCUT2D eigenvalue weighted by molar-refractivity contribution is 6.13. The molecule has 6 nitrogen and oxygen atoms in total. The Bertz CT molecular complexity index is 1030. The first-order valence-corrected chi connectivity index (χ1v) is 8.84. The predicted molar refractivity (Wildman–Crippen MR) is 103 cm³/mol. The summed E-state index contributed by atoms with van der Waals surface area (Å²) in [7, 11) is 1.58. The number of fused-ring (bicyclic) bond motifs is 1. The Morgan fingerprint density at radius 3 is 2.52 bits per heavy atom. The van der Waals surface area contributed by atoms with Crippen LogP contribution in [-0.4, -0.2) is 18.9 Å². The molecule has 1 heterocycles. The van der Waals surface area contributed by atoms with Gasteiger partial charge in [-0.15, -0.1) is 0 Å². The van der Waals surface area contributed by atoms with E-state index in [9.17, 15) is 9.59 Å². The number of carbonyl (C=O) groups is 2. The van der Waals surface area contributed by atoms with Crippen LogP contribution < -0.4 is 15.4 Å². The fourth-order valence-electron chi connectivity index (χ4n) is 3.07. The molecule has 138 valence electrons. The van der Waals surface area contributed by atoms with Crippen molar-refractivity contribution < 1.29 is 18.7 Å². The van der Waals surface area contributed by atoms with E-state index in [0.717, 1.165) is 12.8 Å². The second-order valence-electron chi connectivity index (χ2n) is 6.69. The van der Waals surface area contributed by atoms with Gasteiger partial charge < -0.3 is 19.8 Å². The number of ether oxygens (including phenoxy) is 1. The van der Waals surface area contributed by atoms with E-state index in [2.05, 4.69) is 10.6 Å². The van der Waals surface area contributed by atoms with Crippen molar-refractivity contribution in [3.8, 4) is 5.75 Å². The number of hydrogen-bond acceptors (Lipinski definition) is 4. The fourth-order valence-corrected chi connectivity index (χ4v) is 3.07. The first-order valence-electron chi connectivity index (χ1n) is 8.84. The summed E-state index contributed by atoms with van der Waals surface area (Å²) < 4.78 is 10.9.